The van der Waals surface area contributed by atoms with Crippen LogP contribution in [0.5, 0.6) is 0 Å². The number of fused-ring (bicyclic) bond motifs is 7. The van der Waals surface area contributed by atoms with Gasteiger partial charge < -0.3 is 5.73 Å². The standard InChI is InChI=1S/C36H53N/c1-23(2)26-15-20-36(37)22-21-34(7)28(31(26)36)13-14-30-33(6)18-16-27(25-11-9-24(3)10-12-25)32(4,5)29(33)17-19-35(30,34)8/h9-12,16,26,28-31H,1,13-15,17-22,37H2,2-8H3/t26-,28+,29-,30+,31+,33-,34+,35+,36-/m0/s1. The summed E-state index contributed by atoms with van der Waals surface area (Å²) < 4.78 is 0. The molecule has 9 atom stereocenters. The second-order valence-corrected chi connectivity index (χ2v) is 15.8. The third-order valence-corrected chi connectivity index (χ3v) is 14.1. The van der Waals surface area contributed by atoms with Crippen molar-refractivity contribution >= 4 is 5.57 Å². The molecule has 5 aliphatic rings. The van der Waals surface area contributed by atoms with Gasteiger partial charge in [-0.25, -0.2) is 0 Å². The number of hydrogen-bond acceptors (Lipinski definition) is 1. The Hall–Kier alpha value is -1.34. The second-order valence-electron chi connectivity index (χ2n) is 15.8. The summed E-state index contributed by atoms with van der Waals surface area (Å²) in [5.74, 6) is 3.57. The zero-order valence-corrected chi connectivity index (χ0v) is 24.9. The Morgan fingerprint density at radius 2 is 1.54 bits per heavy atom. The molecular formula is C36H53N. The van der Waals surface area contributed by atoms with E-state index in [-0.39, 0.29) is 11.0 Å². The Morgan fingerprint density at radius 3 is 2.22 bits per heavy atom. The van der Waals surface area contributed by atoms with Gasteiger partial charge in [0.1, 0.15) is 0 Å². The highest BCUT2D eigenvalue weighted by atomic mass is 14.8. The summed E-state index contributed by atoms with van der Waals surface area (Å²) in [5.41, 5.74) is 14.5. The van der Waals surface area contributed by atoms with Crippen LogP contribution in [0.1, 0.15) is 110 Å². The van der Waals surface area contributed by atoms with E-state index >= 15 is 0 Å². The van der Waals surface area contributed by atoms with Crippen LogP contribution in [0, 0.1) is 58.2 Å². The number of benzene rings is 1. The third kappa shape index (κ3) is 3.31. The van der Waals surface area contributed by atoms with E-state index in [1.165, 1.54) is 74.5 Å². The fraction of sp³-hybridized carbons (Fsp3) is 0.722. The van der Waals surface area contributed by atoms with Crippen LogP contribution < -0.4 is 5.73 Å². The summed E-state index contributed by atoms with van der Waals surface area (Å²) in [4.78, 5) is 0. The van der Waals surface area contributed by atoms with E-state index in [4.69, 9.17) is 5.73 Å². The summed E-state index contributed by atoms with van der Waals surface area (Å²) in [6, 6.07) is 9.32. The van der Waals surface area contributed by atoms with Gasteiger partial charge in [-0.1, -0.05) is 82.7 Å². The number of aryl methyl sites for hydroxylation is 1. The van der Waals surface area contributed by atoms with Crippen molar-refractivity contribution in [3.05, 3.63) is 53.6 Å². The Balaban J connectivity index is 1.38. The zero-order chi connectivity index (χ0) is 26.6. The molecule has 0 bridgehead atoms. The van der Waals surface area contributed by atoms with Crippen molar-refractivity contribution in [2.45, 2.75) is 112 Å². The average molecular weight is 500 g/mol. The van der Waals surface area contributed by atoms with E-state index in [1.54, 1.807) is 5.57 Å². The summed E-state index contributed by atoms with van der Waals surface area (Å²) in [6.45, 7) is 22.3. The molecule has 0 unspecified atom stereocenters. The predicted molar refractivity (Wildman–Crippen MR) is 158 cm³/mol. The van der Waals surface area contributed by atoms with Crippen molar-refractivity contribution in [3.63, 3.8) is 0 Å². The van der Waals surface area contributed by atoms with Gasteiger partial charge >= 0.3 is 0 Å². The molecule has 1 aromatic rings. The topological polar surface area (TPSA) is 26.0 Å². The molecular weight excluding hydrogens is 446 g/mol. The van der Waals surface area contributed by atoms with Crippen molar-refractivity contribution < 1.29 is 0 Å². The summed E-state index contributed by atoms with van der Waals surface area (Å²) in [6.07, 6.45) is 14.5. The van der Waals surface area contributed by atoms with Crippen LogP contribution in [0.4, 0.5) is 0 Å². The van der Waals surface area contributed by atoms with Crippen molar-refractivity contribution in [1.29, 1.82) is 0 Å². The van der Waals surface area contributed by atoms with E-state index < -0.39 is 0 Å². The first kappa shape index (κ1) is 25.9. The molecule has 2 N–H and O–H groups in total. The molecule has 1 nitrogen and oxygen atoms in total. The van der Waals surface area contributed by atoms with Crippen molar-refractivity contribution in [2.24, 2.45) is 57.0 Å². The minimum atomic E-state index is 0.0522. The molecule has 0 heterocycles. The highest BCUT2D eigenvalue weighted by Gasteiger charge is 2.70. The molecule has 0 aliphatic heterocycles. The normalized spacial score (nSPS) is 48.2. The highest BCUT2D eigenvalue weighted by Crippen LogP contribution is 2.76. The molecule has 0 radical (unpaired) electrons. The number of rotatable bonds is 2. The van der Waals surface area contributed by atoms with Gasteiger partial charge in [0, 0.05) is 5.54 Å². The summed E-state index contributed by atoms with van der Waals surface area (Å²) in [7, 11) is 0. The molecule has 5 aliphatic carbocycles. The van der Waals surface area contributed by atoms with Gasteiger partial charge in [0.15, 0.2) is 0 Å². The lowest BCUT2D eigenvalue weighted by Gasteiger charge is -2.72. The third-order valence-electron chi connectivity index (χ3n) is 14.1. The van der Waals surface area contributed by atoms with Gasteiger partial charge in [-0.3, -0.25) is 0 Å². The molecule has 0 spiro atoms. The Bertz CT molecular complexity index is 1120. The summed E-state index contributed by atoms with van der Waals surface area (Å²) >= 11 is 0. The maximum absolute atomic E-state index is 7.27. The van der Waals surface area contributed by atoms with Crippen LogP contribution in [0.2, 0.25) is 0 Å². The minimum Gasteiger partial charge on any atom is -0.325 e. The second kappa shape index (κ2) is 8.09. The zero-order valence-electron chi connectivity index (χ0n) is 24.9. The Kier molecular flexibility index (Phi) is 5.67. The van der Waals surface area contributed by atoms with E-state index in [0.717, 1.165) is 17.8 Å². The van der Waals surface area contributed by atoms with E-state index in [1.807, 2.05) is 0 Å². The first-order valence-electron chi connectivity index (χ1n) is 15.5. The highest BCUT2D eigenvalue weighted by molar-refractivity contribution is 5.71. The molecule has 4 fully saturated rings. The smallest absolute Gasteiger partial charge is 0.0191 e. The summed E-state index contributed by atoms with van der Waals surface area (Å²) in [5, 5.41) is 0. The Morgan fingerprint density at radius 1 is 0.838 bits per heavy atom. The molecule has 4 saturated carbocycles. The van der Waals surface area contributed by atoms with Crippen molar-refractivity contribution in [1.82, 2.24) is 0 Å². The van der Waals surface area contributed by atoms with Crippen LogP contribution >= 0.6 is 0 Å². The van der Waals surface area contributed by atoms with Gasteiger partial charge in [-0.2, -0.15) is 0 Å². The van der Waals surface area contributed by atoms with Gasteiger partial charge in [-0.15, -0.1) is 0 Å². The van der Waals surface area contributed by atoms with Crippen molar-refractivity contribution in [2.75, 3.05) is 0 Å². The van der Waals surface area contributed by atoms with E-state index in [2.05, 4.69) is 85.4 Å². The van der Waals surface area contributed by atoms with Crippen LogP contribution in [0.25, 0.3) is 5.57 Å². The maximum Gasteiger partial charge on any atom is 0.0191 e. The number of nitrogens with two attached hydrogens (primary N) is 1. The van der Waals surface area contributed by atoms with Crippen LogP contribution in [-0.2, 0) is 0 Å². The lowest BCUT2D eigenvalue weighted by Crippen LogP contribution is -2.67. The monoisotopic (exact) mass is 499 g/mol. The van der Waals surface area contributed by atoms with Gasteiger partial charge in [0.2, 0.25) is 0 Å². The van der Waals surface area contributed by atoms with Crippen LogP contribution in [0.3, 0.4) is 0 Å². The predicted octanol–water partition coefficient (Wildman–Crippen LogP) is 9.36. The first-order valence-corrected chi connectivity index (χ1v) is 15.5. The van der Waals surface area contributed by atoms with Gasteiger partial charge in [-0.05, 0) is 134 Å². The largest absolute Gasteiger partial charge is 0.325 e. The lowest BCUT2D eigenvalue weighted by atomic mass is 9.33. The maximum atomic E-state index is 7.27. The molecule has 0 saturated heterocycles. The van der Waals surface area contributed by atoms with Crippen molar-refractivity contribution in [3.8, 4) is 0 Å². The van der Waals surface area contributed by atoms with E-state index in [9.17, 15) is 0 Å². The quantitative estimate of drug-likeness (QED) is 0.403. The lowest BCUT2D eigenvalue weighted by molar-refractivity contribution is -0.217. The van der Waals surface area contributed by atoms with Gasteiger partial charge in [0.25, 0.3) is 0 Å². The first-order chi connectivity index (χ1) is 17.3. The number of allylic oxidation sites excluding steroid dienone is 3. The molecule has 0 aromatic heterocycles. The molecule has 0 amide bonds. The van der Waals surface area contributed by atoms with Crippen LogP contribution in [0.15, 0.2) is 42.5 Å². The average Bonchev–Trinajstić information content (AvgIpc) is 3.18. The van der Waals surface area contributed by atoms with Crippen LogP contribution in [-0.4, -0.2) is 5.54 Å². The van der Waals surface area contributed by atoms with Gasteiger partial charge in [0.05, 0.1) is 0 Å². The SMILES string of the molecule is C=C(C)[C@@H]1CC[C@]2(N)CC[C@]3(C)[C@H](CC[C@@H]4[C@@]5(C)CC=C(c6ccc(C)cc6)C(C)(C)[C@@H]5CC[C@]43C)[C@@H]12. The molecule has 1 aromatic carbocycles. The molecule has 37 heavy (non-hydrogen) atoms. The molecule has 6 rings (SSSR count). The fourth-order valence-electron chi connectivity index (χ4n) is 12.0. The number of hydrogen-bond donors (Lipinski definition) is 1. The fourth-order valence-corrected chi connectivity index (χ4v) is 12.0. The molecule has 202 valence electrons. The Labute approximate surface area is 227 Å². The van der Waals surface area contributed by atoms with E-state index in [0.29, 0.717) is 28.1 Å². The minimum absolute atomic E-state index is 0.0522. The molecule has 1 heteroatoms.